The van der Waals surface area contributed by atoms with Gasteiger partial charge >= 0.3 is 0 Å². The van der Waals surface area contributed by atoms with E-state index in [9.17, 15) is 0 Å². The summed E-state index contributed by atoms with van der Waals surface area (Å²) in [4.78, 5) is 3.05. The lowest BCUT2D eigenvalue weighted by atomic mass is 10.1. The van der Waals surface area contributed by atoms with E-state index in [1.54, 1.807) is 0 Å². The Morgan fingerprint density at radius 1 is 1.57 bits per heavy atom. The molecule has 78 valence electrons. The lowest BCUT2D eigenvalue weighted by Crippen LogP contribution is -2.17. The fraction of sp³-hybridized carbons (Fsp3) is 0.636. The fourth-order valence-corrected chi connectivity index (χ4v) is 1.82. The van der Waals surface area contributed by atoms with E-state index in [0.717, 1.165) is 32.2 Å². The molecule has 1 saturated heterocycles. The normalized spacial score (nSPS) is 21.6. The van der Waals surface area contributed by atoms with Gasteiger partial charge in [0.25, 0.3) is 0 Å². The van der Waals surface area contributed by atoms with Gasteiger partial charge in [-0.1, -0.05) is 0 Å². The van der Waals surface area contributed by atoms with Crippen LogP contribution in [0.15, 0.2) is 18.5 Å². The zero-order valence-electron chi connectivity index (χ0n) is 8.46. The predicted octanol–water partition coefficient (Wildman–Crippen LogP) is 1.53. The van der Waals surface area contributed by atoms with E-state index in [4.69, 9.17) is 4.74 Å². The van der Waals surface area contributed by atoms with Gasteiger partial charge in [-0.25, -0.2) is 0 Å². The Labute approximate surface area is 84.9 Å². The van der Waals surface area contributed by atoms with Crippen molar-refractivity contribution in [3.05, 3.63) is 24.0 Å². The van der Waals surface area contributed by atoms with Gasteiger partial charge in [-0.3, -0.25) is 0 Å². The Kier molecular flexibility index (Phi) is 3.60. The fourth-order valence-electron chi connectivity index (χ4n) is 1.82. The quantitative estimate of drug-likeness (QED) is 0.697. The highest BCUT2D eigenvalue weighted by molar-refractivity contribution is 5.07. The topological polar surface area (TPSA) is 37.0 Å². The van der Waals surface area contributed by atoms with Crippen LogP contribution in [0, 0.1) is 5.92 Å². The van der Waals surface area contributed by atoms with Crippen LogP contribution >= 0.6 is 0 Å². The van der Waals surface area contributed by atoms with Gasteiger partial charge in [-0.05, 0) is 36.9 Å². The third-order valence-electron chi connectivity index (χ3n) is 2.74. The van der Waals surface area contributed by atoms with Gasteiger partial charge in [0.15, 0.2) is 0 Å². The molecule has 0 radical (unpaired) electrons. The minimum Gasteiger partial charge on any atom is -0.381 e. The van der Waals surface area contributed by atoms with E-state index in [-0.39, 0.29) is 0 Å². The number of rotatable bonds is 5. The van der Waals surface area contributed by atoms with Gasteiger partial charge in [0.1, 0.15) is 0 Å². The van der Waals surface area contributed by atoms with Crippen molar-refractivity contribution >= 4 is 0 Å². The van der Waals surface area contributed by atoms with Crippen LogP contribution in [0.25, 0.3) is 0 Å². The molecule has 0 saturated carbocycles. The first-order chi connectivity index (χ1) is 6.95. The Morgan fingerprint density at radius 3 is 3.29 bits per heavy atom. The third-order valence-corrected chi connectivity index (χ3v) is 2.74. The number of aromatic nitrogens is 1. The highest BCUT2D eigenvalue weighted by Gasteiger charge is 2.14. The first-order valence-electron chi connectivity index (χ1n) is 5.35. The average Bonchev–Trinajstić information content (AvgIpc) is 2.86. The minimum atomic E-state index is 0.786. The van der Waals surface area contributed by atoms with Gasteiger partial charge in [0.05, 0.1) is 0 Å². The largest absolute Gasteiger partial charge is 0.381 e. The summed E-state index contributed by atoms with van der Waals surface area (Å²) in [7, 11) is 0. The lowest BCUT2D eigenvalue weighted by Gasteiger charge is -2.07. The Balaban J connectivity index is 1.55. The van der Waals surface area contributed by atoms with E-state index >= 15 is 0 Å². The number of nitrogens with one attached hydrogen (secondary N) is 2. The molecule has 3 nitrogen and oxygen atoms in total. The molecule has 0 aromatic carbocycles. The molecule has 2 rings (SSSR count). The molecule has 1 aliphatic heterocycles. The second kappa shape index (κ2) is 5.17. The standard InChI is InChI=1S/C11H18N2O/c1(10-3-6-14-9-10)4-12-7-11-2-5-13-8-11/h2,5,8,10,12-13H,1,3-4,6-7,9H2. The van der Waals surface area contributed by atoms with Crippen molar-refractivity contribution in [3.63, 3.8) is 0 Å². The third kappa shape index (κ3) is 2.86. The highest BCUT2D eigenvalue weighted by Crippen LogP contribution is 2.15. The van der Waals surface area contributed by atoms with Crippen molar-refractivity contribution in [3.8, 4) is 0 Å². The van der Waals surface area contributed by atoms with Crippen molar-refractivity contribution < 1.29 is 4.74 Å². The Morgan fingerprint density at radius 2 is 2.57 bits per heavy atom. The van der Waals surface area contributed by atoms with Gasteiger partial charge in [0.2, 0.25) is 0 Å². The molecular formula is C11H18N2O. The minimum absolute atomic E-state index is 0.786. The summed E-state index contributed by atoms with van der Waals surface area (Å²) in [5.74, 6) is 0.786. The monoisotopic (exact) mass is 194 g/mol. The van der Waals surface area contributed by atoms with Crippen molar-refractivity contribution in [2.75, 3.05) is 19.8 Å². The van der Waals surface area contributed by atoms with Gasteiger partial charge in [-0.2, -0.15) is 0 Å². The molecule has 0 amide bonds. The van der Waals surface area contributed by atoms with Crippen molar-refractivity contribution in [2.45, 2.75) is 19.4 Å². The van der Waals surface area contributed by atoms with Crippen LogP contribution in [-0.4, -0.2) is 24.7 Å². The molecule has 0 bridgehead atoms. The van der Waals surface area contributed by atoms with Crippen LogP contribution in [0.3, 0.4) is 0 Å². The molecule has 1 aromatic heterocycles. The van der Waals surface area contributed by atoms with Crippen LogP contribution in [0.5, 0.6) is 0 Å². The number of aromatic amines is 1. The summed E-state index contributed by atoms with van der Waals surface area (Å²) in [5, 5.41) is 3.44. The summed E-state index contributed by atoms with van der Waals surface area (Å²) in [6.45, 7) is 3.99. The number of H-pyrrole nitrogens is 1. The summed E-state index contributed by atoms with van der Waals surface area (Å²) in [6, 6.07) is 2.10. The maximum absolute atomic E-state index is 5.33. The lowest BCUT2D eigenvalue weighted by molar-refractivity contribution is 0.184. The van der Waals surface area contributed by atoms with E-state index in [2.05, 4.69) is 16.4 Å². The second-order valence-corrected chi connectivity index (χ2v) is 3.91. The Hall–Kier alpha value is -0.800. The van der Waals surface area contributed by atoms with E-state index in [1.165, 1.54) is 18.4 Å². The maximum Gasteiger partial charge on any atom is 0.0495 e. The number of hydrogen-bond donors (Lipinski definition) is 2. The molecule has 1 aromatic rings. The van der Waals surface area contributed by atoms with Crippen LogP contribution in [0.2, 0.25) is 0 Å². The summed E-state index contributed by atoms with van der Waals surface area (Å²) < 4.78 is 5.33. The van der Waals surface area contributed by atoms with E-state index in [0.29, 0.717) is 0 Å². The molecule has 14 heavy (non-hydrogen) atoms. The van der Waals surface area contributed by atoms with Gasteiger partial charge in [0, 0.05) is 32.2 Å². The summed E-state index contributed by atoms with van der Waals surface area (Å²) in [5.41, 5.74) is 1.33. The molecular weight excluding hydrogens is 176 g/mol. The molecule has 0 spiro atoms. The number of hydrogen-bond acceptors (Lipinski definition) is 2. The van der Waals surface area contributed by atoms with Crippen LogP contribution in [-0.2, 0) is 11.3 Å². The molecule has 2 heterocycles. The smallest absolute Gasteiger partial charge is 0.0495 e. The molecule has 0 aliphatic carbocycles. The van der Waals surface area contributed by atoms with E-state index < -0.39 is 0 Å². The second-order valence-electron chi connectivity index (χ2n) is 3.91. The summed E-state index contributed by atoms with van der Waals surface area (Å²) in [6.07, 6.45) is 6.48. The zero-order valence-corrected chi connectivity index (χ0v) is 8.46. The average molecular weight is 194 g/mol. The molecule has 1 fully saturated rings. The first kappa shape index (κ1) is 9.74. The highest BCUT2D eigenvalue weighted by atomic mass is 16.5. The molecule has 2 N–H and O–H groups in total. The van der Waals surface area contributed by atoms with Crippen molar-refractivity contribution in [1.82, 2.24) is 10.3 Å². The van der Waals surface area contributed by atoms with Crippen LogP contribution in [0.1, 0.15) is 18.4 Å². The Bertz CT molecular complexity index is 240. The molecule has 1 aliphatic rings. The molecule has 1 atom stereocenters. The van der Waals surface area contributed by atoms with Crippen LogP contribution in [0.4, 0.5) is 0 Å². The summed E-state index contributed by atoms with van der Waals surface area (Å²) >= 11 is 0. The zero-order chi connectivity index (χ0) is 9.64. The first-order valence-corrected chi connectivity index (χ1v) is 5.35. The molecule has 3 heteroatoms. The number of ether oxygens (including phenoxy) is 1. The van der Waals surface area contributed by atoms with Crippen molar-refractivity contribution in [1.29, 1.82) is 0 Å². The SMILES string of the molecule is c1cc(CNCCC2CCOC2)c[nH]1. The molecule has 1 unspecified atom stereocenters. The van der Waals surface area contributed by atoms with Crippen LogP contribution < -0.4 is 5.32 Å². The van der Waals surface area contributed by atoms with Gasteiger partial charge in [-0.15, -0.1) is 0 Å². The van der Waals surface area contributed by atoms with Crippen molar-refractivity contribution in [2.24, 2.45) is 5.92 Å². The predicted molar refractivity (Wildman–Crippen MR) is 56.0 cm³/mol. The van der Waals surface area contributed by atoms with Gasteiger partial charge < -0.3 is 15.0 Å². The maximum atomic E-state index is 5.33. The van der Waals surface area contributed by atoms with E-state index in [1.807, 2.05) is 12.4 Å².